The van der Waals surface area contributed by atoms with Crippen LogP contribution in [0.1, 0.15) is 28.9 Å². The summed E-state index contributed by atoms with van der Waals surface area (Å²) in [6.07, 6.45) is 5.82. The molecule has 5 rings (SSSR count). The predicted molar refractivity (Wildman–Crippen MR) is 118 cm³/mol. The van der Waals surface area contributed by atoms with Gasteiger partial charge in [-0.15, -0.1) is 0 Å². The van der Waals surface area contributed by atoms with Crippen LogP contribution in [0.5, 0.6) is 0 Å². The molecule has 9 nitrogen and oxygen atoms in total. The average Bonchev–Trinajstić information content (AvgIpc) is 3.54. The minimum absolute atomic E-state index is 0.0808. The van der Waals surface area contributed by atoms with Crippen molar-refractivity contribution in [3.05, 3.63) is 60.0 Å². The molecular weight excluding hydrogens is 392 g/mol. The Hall–Kier alpha value is -3.72. The van der Waals surface area contributed by atoms with Gasteiger partial charge in [-0.25, -0.2) is 9.97 Å². The molecule has 1 aliphatic heterocycles. The van der Waals surface area contributed by atoms with Crippen molar-refractivity contribution < 1.29 is 4.79 Å². The molecule has 31 heavy (non-hydrogen) atoms. The number of benzene rings is 1. The second-order valence-corrected chi connectivity index (χ2v) is 7.77. The van der Waals surface area contributed by atoms with Gasteiger partial charge in [-0.2, -0.15) is 5.10 Å². The van der Waals surface area contributed by atoms with Gasteiger partial charge in [0.1, 0.15) is 5.65 Å². The molecule has 1 saturated heterocycles. The quantitative estimate of drug-likeness (QED) is 0.384. The molecule has 4 heterocycles. The molecule has 4 aromatic rings. The zero-order valence-electron chi connectivity index (χ0n) is 17.2. The summed E-state index contributed by atoms with van der Waals surface area (Å²) < 4.78 is 1.86. The van der Waals surface area contributed by atoms with Crippen LogP contribution in [0.15, 0.2) is 48.8 Å². The molecule has 0 bridgehead atoms. The highest BCUT2D eigenvalue weighted by Gasteiger charge is 2.16. The third-order valence-electron chi connectivity index (χ3n) is 5.43. The SMILES string of the molecule is Cc1cc(Nc2nc(-c3cccc(C(=O)NCC4CCCN4)c3)cc3nccn23)n[nH]1. The highest BCUT2D eigenvalue weighted by molar-refractivity contribution is 5.95. The van der Waals surface area contributed by atoms with E-state index in [9.17, 15) is 4.79 Å². The van der Waals surface area contributed by atoms with Crippen LogP contribution in [-0.4, -0.2) is 49.6 Å². The molecule has 1 aromatic carbocycles. The first kappa shape index (κ1) is 19.3. The first-order chi connectivity index (χ1) is 15.2. The monoisotopic (exact) mass is 416 g/mol. The Bertz CT molecular complexity index is 1220. The molecule has 1 atom stereocenters. The Morgan fingerprint density at radius 1 is 1.29 bits per heavy atom. The minimum Gasteiger partial charge on any atom is -0.350 e. The van der Waals surface area contributed by atoms with Gasteiger partial charge in [0.2, 0.25) is 5.95 Å². The van der Waals surface area contributed by atoms with Crippen LogP contribution in [0.25, 0.3) is 16.9 Å². The molecule has 0 spiro atoms. The molecule has 0 aliphatic carbocycles. The average molecular weight is 416 g/mol. The number of nitrogens with zero attached hydrogens (tertiary/aromatic N) is 4. The van der Waals surface area contributed by atoms with Gasteiger partial charge in [-0.1, -0.05) is 12.1 Å². The van der Waals surface area contributed by atoms with E-state index in [1.807, 2.05) is 53.9 Å². The van der Waals surface area contributed by atoms with Crippen LogP contribution in [0.4, 0.5) is 11.8 Å². The number of aromatic amines is 1. The first-order valence-electron chi connectivity index (χ1n) is 10.4. The lowest BCUT2D eigenvalue weighted by Gasteiger charge is -2.12. The third kappa shape index (κ3) is 4.13. The zero-order chi connectivity index (χ0) is 21.2. The van der Waals surface area contributed by atoms with Crippen LogP contribution >= 0.6 is 0 Å². The number of imidazole rings is 1. The summed E-state index contributed by atoms with van der Waals surface area (Å²) in [6, 6.07) is 11.7. The number of aromatic nitrogens is 5. The summed E-state index contributed by atoms with van der Waals surface area (Å²) >= 11 is 0. The maximum atomic E-state index is 12.7. The lowest BCUT2D eigenvalue weighted by Crippen LogP contribution is -2.37. The van der Waals surface area contributed by atoms with E-state index in [2.05, 4.69) is 31.1 Å². The molecule has 0 radical (unpaired) electrons. The van der Waals surface area contributed by atoms with E-state index < -0.39 is 0 Å². The maximum absolute atomic E-state index is 12.7. The van der Waals surface area contributed by atoms with Crippen molar-refractivity contribution >= 4 is 23.3 Å². The molecule has 1 amide bonds. The fraction of sp³-hybridized carbons (Fsp3) is 0.273. The predicted octanol–water partition coefficient (Wildman–Crippen LogP) is 2.65. The van der Waals surface area contributed by atoms with Crippen molar-refractivity contribution in [2.45, 2.75) is 25.8 Å². The Morgan fingerprint density at radius 2 is 2.23 bits per heavy atom. The lowest BCUT2D eigenvalue weighted by atomic mass is 10.1. The molecule has 3 aromatic heterocycles. The van der Waals surface area contributed by atoms with Gasteiger partial charge in [0.25, 0.3) is 5.91 Å². The third-order valence-corrected chi connectivity index (χ3v) is 5.43. The Morgan fingerprint density at radius 3 is 3.03 bits per heavy atom. The number of aryl methyl sites for hydroxylation is 1. The van der Waals surface area contributed by atoms with Crippen molar-refractivity contribution in [1.82, 2.24) is 35.2 Å². The van der Waals surface area contributed by atoms with Gasteiger partial charge in [0.15, 0.2) is 5.82 Å². The number of hydrogen-bond donors (Lipinski definition) is 4. The summed E-state index contributed by atoms with van der Waals surface area (Å²) in [5.74, 6) is 1.19. The highest BCUT2D eigenvalue weighted by atomic mass is 16.1. The van der Waals surface area contributed by atoms with Crippen molar-refractivity contribution in [1.29, 1.82) is 0 Å². The molecule has 0 saturated carbocycles. The first-order valence-corrected chi connectivity index (χ1v) is 10.4. The van der Waals surface area contributed by atoms with E-state index in [0.29, 0.717) is 29.9 Å². The normalized spacial score (nSPS) is 16.0. The van der Waals surface area contributed by atoms with Gasteiger partial charge in [0, 0.05) is 53.9 Å². The second-order valence-electron chi connectivity index (χ2n) is 7.77. The summed E-state index contributed by atoms with van der Waals surface area (Å²) in [7, 11) is 0. The van der Waals surface area contributed by atoms with Crippen molar-refractivity contribution in [3.8, 4) is 11.3 Å². The Kier molecular flexibility index (Phi) is 5.09. The number of hydrogen-bond acceptors (Lipinski definition) is 6. The van der Waals surface area contributed by atoms with E-state index in [-0.39, 0.29) is 5.91 Å². The van der Waals surface area contributed by atoms with Crippen LogP contribution < -0.4 is 16.0 Å². The van der Waals surface area contributed by atoms with Gasteiger partial charge in [-0.05, 0) is 38.4 Å². The van der Waals surface area contributed by atoms with Crippen molar-refractivity contribution in [2.75, 3.05) is 18.4 Å². The number of carbonyl (C=O) groups is 1. The molecule has 158 valence electrons. The van der Waals surface area contributed by atoms with Crippen LogP contribution in [-0.2, 0) is 0 Å². The number of anilines is 2. The Balaban J connectivity index is 1.42. The number of fused-ring (bicyclic) bond motifs is 1. The highest BCUT2D eigenvalue weighted by Crippen LogP contribution is 2.24. The minimum atomic E-state index is -0.0808. The lowest BCUT2D eigenvalue weighted by molar-refractivity contribution is 0.0950. The summed E-state index contributed by atoms with van der Waals surface area (Å²) in [5, 5.41) is 16.8. The molecule has 9 heteroatoms. The van der Waals surface area contributed by atoms with Crippen molar-refractivity contribution in [3.63, 3.8) is 0 Å². The smallest absolute Gasteiger partial charge is 0.251 e. The number of carbonyl (C=O) groups excluding carboxylic acids is 1. The fourth-order valence-electron chi connectivity index (χ4n) is 3.82. The molecular formula is C22H24N8O. The van der Waals surface area contributed by atoms with Gasteiger partial charge in [-0.3, -0.25) is 14.3 Å². The van der Waals surface area contributed by atoms with Crippen LogP contribution in [0.3, 0.4) is 0 Å². The van der Waals surface area contributed by atoms with Gasteiger partial charge in [0.05, 0.1) is 5.69 Å². The Labute approximate surface area is 179 Å². The number of amides is 1. The van der Waals surface area contributed by atoms with E-state index in [1.165, 1.54) is 0 Å². The standard InChI is InChI=1S/C22H24N8O/c1-14-10-19(29-28-14)27-22-26-18(12-20-24-8-9-30(20)22)15-4-2-5-16(11-15)21(31)25-13-17-6-3-7-23-17/h2,4-5,8-12,17,23H,3,6-7,13H2,1H3,(H,25,31)(H2,26,27,28,29). The van der Waals surface area contributed by atoms with E-state index in [4.69, 9.17) is 4.98 Å². The number of rotatable bonds is 6. The summed E-state index contributed by atoms with van der Waals surface area (Å²) in [4.78, 5) is 21.9. The summed E-state index contributed by atoms with van der Waals surface area (Å²) in [5.41, 5.74) is 3.88. The largest absolute Gasteiger partial charge is 0.350 e. The molecule has 1 unspecified atom stereocenters. The van der Waals surface area contributed by atoms with Gasteiger partial charge < -0.3 is 16.0 Å². The fourth-order valence-corrected chi connectivity index (χ4v) is 3.82. The summed E-state index contributed by atoms with van der Waals surface area (Å²) in [6.45, 7) is 3.60. The van der Waals surface area contributed by atoms with E-state index in [1.54, 1.807) is 6.20 Å². The number of H-pyrrole nitrogens is 1. The van der Waals surface area contributed by atoms with E-state index in [0.717, 1.165) is 42.0 Å². The second kappa shape index (κ2) is 8.19. The number of nitrogens with one attached hydrogen (secondary N) is 4. The molecule has 4 N–H and O–H groups in total. The van der Waals surface area contributed by atoms with Gasteiger partial charge >= 0.3 is 0 Å². The topological polar surface area (TPSA) is 112 Å². The van der Waals surface area contributed by atoms with Crippen LogP contribution in [0, 0.1) is 6.92 Å². The van der Waals surface area contributed by atoms with Crippen molar-refractivity contribution in [2.24, 2.45) is 0 Å². The molecule has 1 aliphatic rings. The zero-order valence-corrected chi connectivity index (χ0v) is 17.2. The maximum Gasteiger partial charge on any atom is 0.251 e. The van der Waals surface area contributed by atoms with Crippen LogP contribution in [0.2, 0.25) is 0 Å². The van der Waals surface area contributed by atoms with E-state index >= 15 is 0 Å². The molecule has 1 fully saturated rings.